The molecule has 1 amide bonds. The van der Waals surface area contributed by atoms with E-state index >= 15 is 0 Å². The van der Waals surface area contributed by atoms with Gasteiger partial charge in [-0.1, -0.05) is 13.3 Å². The first kappa shape index (κ1) is 18.9. The third-order valence-corrected chi connectivity index (χ3v) is 4.20. The minimum atomic E-state index is -0.543. The van der Waals surface area contributed by atoms with Crippen molar-refractivity contribution in [1.29, 1.82) is 0 Å². The van der Waals surface area contributed by atoms with Crippen LogP contribution in [0.15, 0.2) is 0 Å². The molecule has 0 aromatic carbocycles. The zero-order valence-electron chi connectivity index (χ0n) is 14.6. The quantitative estimate of drug-likeness (QED) is 0.817. The molecule has 0 aromatic heterocycles. The summed E-state index contributed by atoms with van der Waals surface area (Å²) >= 11 is 0. The van der Waals surface area contributed by atoms with Crippen molar-refractivity contribution in [2.45, 2.75) is 71.4 Å². The van der Waals surface area contributed by atoms with Gasteiger partial charge >= 0.3 is 6.09 Å². The Balaban J connectivity index is 2.73. The molecule has 0 radical (unpaired) electrons. The van der Waals surface area contributed by atoms with Crippen LogP contribution in [0.3, 0.4) is 0 Å². The maximum Gasteiger partial charge on any atom is 0.407 e. The molecule has 22 heavy (non-hydrogen) atoms. The van der Waals surface area contributed by atoms with Gasteiger partial charge in [0, 0.05) is 32.1 Å². The molecular weight excluding hydrogens is 282 g/mol. The van der Waals surface area contributed by atoms with Gasteiger partial charge in [-0.3, -0.25) is 4.79 Å². The van der Waals surface area contributed by atoms with Crippen LogP contribution in [0.1, 0.15) is 59.8 Å². The summed E-state index contributed by atoms with van der Waals surface area (Å²) in [6, 6.07) is -0.211. The lowest BCUT2D eigenvalue weighted by atomic mass is 9.75. The van der Waals surface area contributed by atoms with Gasteiger partial charge in [0.2, 0.25) is 0 Å². The zero-order valence-corrected chi connectivity index (χ0v) is 14.6. The standard InChI is InChI=1S/C17H31NO4/c1-6-12-7-8-15(19)13(11-12)14(9-10-21-5)18-16(20)22-17(2,3)4/h12-14H,6-11H2,1-5H3,(H,18,20). The predicted octanol–water partition coefficient (Wildman–Crippen LogP) is 3.31. The Hall–Kier alpha value is -1.10. The lowest BCUT2D eigenvalue weighted by Crippen LogP contribution is -2.47. The number of ketones is 1. The normalized spacial score (nSPS) is 24.0. The number of hydrogen-bond acceptors (Lipinski definition) is 4. The molecule has 5 nitrogen and oxygen atoms in total. The van der Waals surface area contributed by atoms with Crippen LogP contribution < -0.4 is 5.32 Å². The van der Waals surface area contributed by atoms with Crippen molar-refractivity contribution < 1.29 is 19.1 Å². The molecule has 1 saturated carbocycles. The van der Waals surface area contributed by atoms with Gasteiger partial charge < -0.3 is 14.8 Å². The molecule has 0 aliphatic heterocycles. The number of alkyl carbamates (subject to hydrolysis) is 1. The minimum Gasteiger partial charge on any atom is -0.444 e. The van der Waals surface area contributed by atoms with Crippen molar-refractivity contribution in [1.82, 2.24) is 5.32 Å². The van der Waals surface area contributed by atoms with Crippen LogP contribution in [0.4, 0.5) is 4.79 Å². The van der Waals surface area contributed by atoms with Gasteiger partial charge in [0.05, 0.1) is 0 Å². The highest BCUT2D eigenvalue weighted by Crippen LogP contribution is 2.31. The molecule has 1 aliphatic carbocycles. The molecule has 3 atom stereocenters. The van der Waals surface area contributed by atoms with Crippen LogP contribution in [0.2, 0.25) is 0 Å². The molecule has 1 rings (SSSR count). The van der Waals surface area contributed by atoms with E-state index in [0.29, 0.717) is 25.4 Å². The van der Waals surface area contributed by atoms with Crippen LogP contribution in [0.5, 0.6) is 0 Å². The topological polar surface area (TPSA) is 64.6 Å². The van der Waals surface area contributed by atoms with E-state index in [0.717, 1.165) is 19.3 Å². The molecule has 0 saturated heterocycles. The molecule has 1 aliphatic rings. The third kappa shape index (κ3) is 6.34. The van der Waals surface area contributed by atoms with Crippen LogP contribution >= 0.6 is 0 Å². The summed E-state index contributed by atoms with van der Waals surface area (Å²) in [5.74, 6) is 0.691. The average Bonchev–Trinajstić information content (AvgIpc) is 2.42. The number of ether oxygens (including phenoxy) is 2. The first-order valence-electron chi connectivity index (χ1n) is 8.28. The number of carbonyl (C=O) groups excluding carboxylic acids is 2. The zero-order chi connectivity index (χ0) is 16.8. The first-order chi connectivity index (χ1) is 10.3. The van der Waals surface area contributed by atoms with Gasteiger partial charge in [-0.25, -0.2) is 4.79 Å². The van der Waals surface area contributed by atoms with E-state index in [4.69, 9.17) is 9.47 Å². The van der Waals surface area contributed by atoms with Crippen LogP contribution in [-0.4, -0.2) is 37.2 Å². The Morgan fingerprint density at radius 3 is 2.64 bits per heavy atom. The summed E-state index contributed by atoms with van der Waals surface area (Å²) < 4.78 is 10.5. The molecule has 0 aromatic rings. The molecule has 0 spiro atoms. The van der Waals surface area contributed by atoms with E-state index in [1.807, 2.05) is 20.8 Å². The number of rotatable bonds is 6. The summed E-state index contributed by atoms with van der Waals surface area (Å²) in [4.78, 5) is 24.3. The van der Waals surface area contributed by atoms with Gasteiger partial charge in [0.1, 0.15) is 11.4 Å². The average molecular weight is 313 g/mol. The van der Waals surface area contributed by atoms with Gasteiger partial charge in [0.25, 0.3) is 0 Å². The Morgan fingerprint density at radius 1 is 1.41 bits per heavy atom. The fourth-order valence-corrected chi connectivity index (χ4v) is 2.98. The molecule has 3 unspecified atom stereocenters. The van der Waals surface area contributed by atoms with Crippen LogP contribution in [0, 0.1) is 11.8 Å². The van der Waals surface area contributed by atoms with E-state index < -0.39 is 11.7 Å². The monoisotopic (exact) mass is 313 g/mol. The Bertz CT molecular complexity index is 375. The molecule has 5 heteroatoms. The summed E-state index contributed by atoms with van der Waals surface area (Å²) in [5, 5.41) is 2.89. The Labute approximate surface area is 134 Å². The molecular formula is C17H31NO4. The Morgan fingerprint density at radius 2 is 2.09 bits per heavy atom. The highest BCUT2D eigenvalue weighted by atomic mass is 16.6. The predicted molar refractivity (Wildman–Crippen MR) is 85.8 cm³/mol. The van der Waals surface area contributed by atoms with Crippen molar-refractivity contribution in [3.8, 4) is 0 Å². The van der Waals surface area contributed by atoms with E-state index in [-0.39, 0.29) is 17.7 Å². The Kier molecular flexibility index (Phi) is 7.33. The molecule has 0 heterocycles. The lowest BCUT2D eigenvalue weighted by molar-refractivity contribution is -0.126. The fourth-order valence-electron chi connectivity index (χ4n) is 2.98. The maximum atomic E-state index is 12.3. The third-order valence-electron chi connectivity index (χ3n) is 4.20. The van der Waals surface area contributed by atoms with Crippen molar-refractivity contribution in [2.24, 2.45) is 11.8 Å². The molecule has 128 valence electrons. The second-order valence-electron chi connectivity index (χ2n) is 7.16. The fraction of sp³-hybridized carbons (Fsp3) is 0.882. The van der Waals surface area contributed by atoms with Gasteiger partial charge in [-0.2, -0.15) is 0 Å². The van der Waals surface area contributed by atoms with E-state index in [9.17, 15) is 9.59 Å². The second-order valence-corrected chi connectivity index (χ2v) is 7.16. The molecule has 1 fully saturated rings. The smallest absolute Gasteiger partial charge is 0.407 e. The summed E-state index contributed by atoms with van der Waals surface area (Å²) in [7, 11) is 1.63. The number of hydrogen-bond donors (Lipinski definition) is 1. The first-order valence-corrected chi connectivity index (χ1v) is 8.28. The summed E-state index contributed by atoms with van der Waals surface area (Å²) in [6.45, 7) is 8.16. The van der Waals surface area contributed by atoms with Crippen molar-refractivity contribution >= 4 is 11.9 Å². The van der Waals surface area contributed by atoms with E-state index in [1.165, 1.54) is 0 Å². The van der Waals surface area contributed by atoms with Gasteiger partial charge in [-0.05, 0) is 46.0 Å². The van der Waals surface area contributed by atoms with E-state index in [1.54, 1.807) is 7.11 Å². The van der Waals surface area contributed by atoms with Crippen molar-refractivity contribution in [2.75, 3.05) is 13.7 Å². The summed E-state index contributed by atoms with van der Waals surface area (Å²) in [6.07, 6.45) is 3.67. The lowest BCUT2D eigenvalue weighted by Gasteiger charge is -2.34. The number of nitrogens with one attached hydrogen (secondary N) is 1. The molecule has 1 N–H and O–H groups in total. The number of methoxy groups -OCH3 is 1. The van der Waals surface area contributed by atoms with Crippen molar-refractivity contribution in [3.05, 3.63) is 0 Å². The second kappa shape index (κ2) is 8.51. The summed E-state index contributed by atoms with van der Waals surface area (Å²) in [5.41, 5.74) is -0.543. The number of carbonyl (C=O) groups is 2. The van der Waals surface area contributed by atoms with Crippen molar-refractivity contribution in [3.63, 3.8) is 0 Å². The largest absolute Gasteiger partial charge is 0.444 e. The SMILES string of the molecule is CCC1CCC(=O)C(C(CCOC)NC(=O)OC(C)(C)C)C1. The van der Waals surface area contributed by atoms with E-state index in [2.05, 4.69) is 12.2 Å². The number of Topliss-reactive ketones (excluding diaryl/α,β-unsaturated/α-hetero) is 1. The van der Waals surface area contributed by atoms with Gasteiger partial charge in [0.15, 0.2) is 0 Å². The maximum absolute atomic E-state index is 12.3. The van der Waals surface area contributed by atoms with Crippen LogP contribution in [-0.2, 0) is 14.3 Å². The minimum absolute atomic E-state index is 0.124. The molecule has 0 bridgehead atoms. The highest BCUT2D eigenvalue weighted by Gasteiger charge is 2.35. The van der Waals surface area contributed by atoms with Gasteiger partial charge in [-0.15, -0.1) is 0 Å². The van der Waals surface area contributed by atoms with Crippen LogP contribution in [0.25, 0.3) is 0 Å². The number of amides is 1. The highest BCUT2D eigenvalue weighted by molar-refractivity contribution is 5.83.